The molecular weight excluding hydrogens is 409 g/mol. The maximum atomic E-state index is 13.6. The first kappa shape index (κ1) is 22.1. The molecule has 1 aliphatic rings. The fourth-order valence-electron chi connectivity index (χ4n) is 3.60. The Morgan fingerprint density at radius 1 is 1.33 bits per heavy atom. The zero-order valence-electron chi connectivity index (χ0n) is 17.8. The molecule has 2 heterocycles. The molecule has 3 N–H and O–H groups in total. The molecule has 0 spiro atoms. The molecule has 0 saturated carbocycles. The number of hydrogen-bond acceptors (Lipinski definition) is 3. The van der Waals surface area contributed by atoms with Gasteiger partial charge in [-0.05, 0) is 44.9 Å². The highest BCUT2D eigenvalue weighted by Crippen LogP contribution is 2.35. The van der Waals surface area contributed by atoms with Crippen molar-refractivity contribution in [2.24, 2.45) is 11.7 Å². The number of rotatable bonds is 3. The minimum atomic E-state index is -0.660. The van der Waals surface area contributed by atoms with Crippen LogP contribution in [0.1, 0.15) is 56.7 Å². The van der Waals surface area contributed by atoms with Crippen LogP contribution in [0.25, 0.3) is 11.3 Å². The number of amides is 3. The molecule has 7 nitrogen and oxygen atoms in total. The van der Waals surface area contributed by atoms with Crippen molar-refractivity contribution in [3.63, 3.8) is 0 Å². The van der Waals surface area contributed by atoms with E-state index in [9.17, 15) is 14.0 Å². The van der Waals surface area contributed by atoms with E-state index in [1.807, 2.05) is 34.6 Å². The maximum Gasteiger partial charge on any atom is 0.318 e. The highest BCUT2D eigenvalue weighted by molar-refractivity contribution is 6.31. The van der Waals surface area contributed by atoms with Gasteiger partial charge in [0.2, 0.25) is 0 Å². The number of urea groups is 1. The highest BCUT2D eigenvalue weighted by atomic mass is 35.5. The summed E-state index contributed by atoms with van der Waals surface area (Å²) in [6.07, 6.45) is 0. The smallest absolute Gasteiger partial charge is 0.318 e. The number of carbonyl (C=O) groups is 2. The number of benzene rings is 1. The van der Waals surface area contributed by atoms with E-state index < -0.39 is 17.3 Å². The standard InChI is InChI=1S/C21H27ClFN5O2/c1-11(2)15-9-27(20(30)25-21(3,4)5)10-16-17(19(24)29)18(26-28(15)16)12-6-7-14(23)13(22)8-12/h6-8,11,15H,9-10H2,1-5H3,(H2,24,29)(H,25,30). The third kappa shape index (κ3) is 4.28. The molecule has 9 heteroatoms. The van der Waals surface area contributed by atoms with Crippen molar-refractivity contribution >= 4 is 23.5 Å². The molecule has 0 radical (unpaired) electrons. The second-order valence-corrected chi connectivity index (χ2v) is 9.39. The second-order valence-electron chi connectivity index (χ2n) is 8.98. The number of carbonyl (C=O) groups excluding carboxylic acids is 2. The van der Waals surface area contributed by atoms with Crippen LogP contribution in [0.15, 0.2) is 18.2 Å². The topological polar surface area (TPSA) is 93.2 Å². The van der Waals surface area contributed by atoms with Gasteiger partial charge in [0.25, 0.3) is 5.91 Å². The van der Waals surface area contributed by atoms with Gasteiger partial charge in [0.05, 0.1) is 28.9 Å². The molecule has 0 saturated heterocycles. The van der Waals surface area contributed by atoms with E-state index in [2.05, 4.69) is 10.4 Å². The molecule has 3 amide bonds. The Kier molecular flexibility index (Phi) is 5.82. The van der Waals surface area contributed by atoms with E-state index in [1.54, 1.807) is 9.58 Å². The average molecular weight is 436 g/mol. The van der Waals surface area contributed by atoms with Crippen molar-refractivity contribution in [1.29, 1.82) is 0 Å². The lowest BCUT2D eigenvalue weighted by molar-refractivity contribution is 0.0993. The van der Waals surface area contributed by atoms with Crippen molar-refractivity contribution < 1.29 is 14.0 Å². The van der Waals surface area contributed by atoms with E-state index in [0.717, 1.165) is 0 Å². The largest absolute Gasteiger partial charge is 0.365 e. The summed E-state index contributed by atoms with van der Waals surface area (Å²) in [5.41, 5.74) is 6.92. The zero-order valence-corrected chi connectivity index (χ0v) is 18.5. The summed E-state index contributed by atoms with van der Waals surface area (Å²) in [5.74, 6) is -1.08. The number of nitrogens with zero attached hydrogens (tertiary/aromatic N) is 3. The second kappa shape index (κ2) is 7.91. The number of fused-ring (bicyclic) bond motifs is 1. The first-order valence-corrected chi connectivity index (χ1v) is 10.2. The van der Waals surface area contributed by atoms with Crippen LogP contribution in [0.2, 0.25) is 5.02 Å². The number of primary amides is 1. The van der Waals surface area contributed by atoms with Gasteiger partial charge in [0.15, 0.2) is 0 Å². The van der Waals surface area contributed by atoms with Crippen LogP contribution < -0.4 is 11.1 Å². The maximum absolute atomic E-state index is 13.6. The SMILES string of the molecule is CC(C)C1CN(C(=O)NC(C)(C)C)Cc2c(C(N)=O)c(-c3ccc(F)c(Cl)c3)nn21. The molecule has 1 aromatic heterocycles. The van der Waals surface area contributed by atoms with E-state index in [-0.39, 0.29) is 35.1 Å². The summed E-state index contributed by atoms with van der Waals surface area (Å²) >= 11 is 5.94. The van der Waals surface area contributed by atoms with Gasteiger partial charge in [-0.2, -0.15) is 5.10 Å². The van der Waals surface area contributed by atoms with E-state index in [0.29, 0.717) is 23.5 Å². The molecule has 0 fully saturated rings. The lowest BCUT2D eigenvalue weighted by atomic mass is 9.99. The van der Waals surface area contributed by atoms with Gasteiger partial charge in [0.1, 0.15) is 11.5 Å². The molecule has 0 bridgehead atoms. The summed E-state index contributed by atoms with van der Waals surface area (Å²) in [4.78, 5) is 26.9. The zero-order chi connectivity index (χ0) is 22.4. The first-order valence-electron chi connectivity index (χ1n) is 9.82. The van der Waals surface area contributed by atoms with Gasteiger partial charge in [-0.3, -0.25) is 9.48 Å². The fraction of sp³-hybridized carbons (Fsp3) is 0.476. The molecule has 0 aliphatic carbocycles. The highest BCUT2D eigenvalue weighted by Gasteiger charge is 2.36. The van der Waals surface area contributed by atoms with Crippen molar-refractivity contribution in [2.75, 3.05) is 6.54 Å². The third-order valence-electron chi connectivity index (χ3n) is 5.05. The molecule has 30 heavy (non-hydrogen) atoms. The lowest BCUT2D eigenvalue weighted by Gasteiger charge is -2.37. The van der Waals surface area contributed by atoms with E-state index >= 15 is 0 Å². The summed E-state index contributed by atoms with van der Waals surface area (Å²) < 4.78 is 15.4. The Bertz CT molecular complexity index is 996. The Morgan fingerprint density at radius 3 is 2.53 bits per heavy atom. The predicted octanol–water partition coefficient (Wildman–Crippen LogP) is 3.96. The summed E-state index contributed by atoms with van der Waals surface area (Å²) in [6, 6.07) is 3.79. The molecule has 3 rings (SSSR count). The van der Waals surface area contributed by atoms with Crippen molar-refractivity contribution in [3.05, 3.63) is 40.3 Å². The van der Waals surface area contributed by atoms with Gasteiger partial charge >= 0.3 is 6.03 Å². The predicted molar refractivity (Wildman–Crippen MR) is 114 cm³/mol. The minimum absolute atomic E-state index is 0.0690. The number of halogens is 2. The third-order valence-corrected chi connectivity index (χ3v) is 5.34. The van der Waals surface area contributed by atoms with Crippen LogP contribution in [0.5, 0.6) is 0 Å². The van der Waals surface area contributed by atoms with Crippen molar-refractivity contribution in [1.82, 2.24) is 20.0 Å². The van der Waals surface area contributed by atoms with Crippen LogP contribution in [-0.2, 0) is 6.54 Å². The van der Waals surface area contributed by atoms with Crippen LogP contribution in [0.3, 0.4) is 0 Å². The lowest BCUT2D eigenvalue weighted by Crippen LogP contribution is -2.52. The normalized spacial score (nSPS) is 16.5. The van der Waals surface area contributed by atoms with Gasteiger partial charge in [-0.15, -0.1) is 0 Å². The number of hydrogen-bond donors (Lipinski definition) is 2. The quantitative estimate of drug-likeness (QED) is 0.764. The number of nitrogens with two attached hydrogens (primary N) is 1. The summed E-state index contributed by atoms with van der Waals surface area (Å²) in [5, 5.41) is 7.55. The van der Waals surface area contributed by atoms with Gasteiger partial charge in [0, 0.05) is 17.6 Å². The Labute approximate surface area is 180 Å². The molecule has 1 atom stereocenters. The monoisotopic (exact) mass is 435 g/mol. The number of nitrogens with one attached hydrogen (secondary N) is 1. The molecular formula is C21H27ClFN5O2. The molecule has 1 unspecified atom stereocenters. The number of aromatic nitrogens is 2. The average Bonchev–Trinajstić information content (AvgIpc) is 3.01. The summed E-state index contributed by atoms with van der Waals surface area (Å²) in [6.45, 7) is 10.4. The van der Waals surface area contributed by atoms with E-state index in [4.69, 9.17) is 17.3 Å². The molecule has 1 aliphatic heterocycles. The molecule has 2 aromatic rings. The summed E-state index contributed by atoms with van der Waals surface area (Å²) in [7, 11) is 0. The molecule has 1 aromatic carbocycles. The van der Waals surface area contributed by atoms with E-state index in [1.165, 1.54) is 18.2 Å². The van der Waals surface area contributed by atoms with Crippen LogP contribution >= 0.6 is 11.6 Å². The Morgan fingerprint density at radius 2 is 2.00 bits per heavy atom. The van der Waals surface area contributed by atoms with Crippen molar-refractivity contribution in [3.8, 4) is 11.3 Å². The van der Waals surface area contributed by atoms with Crippen molar-refractivity contribution in [2.45, 2.75) is 52.7 Å². The molecule has 162 valence electrons. The Hall–Kier alpha value is -2.61. The fourth-order valence-corrected chi connectivity index (χ4v) is 3.78. The van der Waals surface area contributed by atoms with Gasteiger partial charge in [-0.1, -0.05) is 25.4 Å². The van der Waals surface area contributed by atoms with Gasteiger partial charge in [-0.25, -0.2) is 9.18 Å². The van der Waals surface area contributed by atoms with Crippen LogP contribution in [0.4, 0.5) is 9.18 Å². The van der Waals surface area contributed by atoms with Crippen LogP contribution in [0, 0.1) is 11.7 Å². The minimum Gasteiger partial charge on any atom is -0.365 e. The van der Waals surface area contributed by atoms with Gasteiger partial charge < -0.3 is 16.0 Å². The van der Waals surface area contributed by atoms with Crippen LogP contribution in [-0.4, -0.2) is 38.7 Å². The Balaban J connectivity index is 2.12. The first-order chi connectivity index (χ1) is 13.9.